The average molecular weight is 394 g/mol. The largest absolute Gasteiger partial charge is 0.496 e. The molecule has 3 heterocycles. The molecule has 3 atom stereocenters. The van der Waals surface area contributed by atoms with Crippen LogP contribution in [0.2, 0.25) is 0 Å². The number of rotatable bonds is 5. The minimum atomic E-state index is -3.23. The molecule has 0 unspecified atom stereocenters. The van der Waals surface area contributed by atoms with Crippen LogP contribution in [-0.4, -0.2) is 62.7 Å². The normalized spacial score (nSPS) is 28.9. The Hall–Kier alpha value is -1.15. The number of ether oxygens (including phenoxy) is 1. The van der Waals surface area contributed by atoms with Gasteiger partial charge in [0.2, 0.25) is 10.0 Å². The SMILES string of the molecule is COc1cccc2c1CCN1C[C@H]3CCCN(S(=O)(=O)CCCN)[C@H]3C[C@@H]21. The van der Waals surface area contributed by atoms with Gasteiger partial charge in [0, 0.05) is 37.3 Å². The molecule has 0 aliphatic carbocycles. The highest BCUT2D eigenvalue weighted by Gasteiger charge is 2.45. The van der Waals surface area contributed by atoms with E-state index in [1.807, 2.05) is 10.4 Å². The molecule has 0 aromatic heterocycles. The summed E-state index contributed by atoms with van der Waals surface area (Å²) in [4.78, 5) is 2.57. The molecule has 0 radical (unpaired) electrons. The first-order chi connectivity index (χ1) is 13.0. The predicted molar refractivity (Wildman–Crippen MR) is 106 cm³/mol. The lowest BCUT2D eigenvalue weighted by atomic mass is 9.77. The van der Waals surface area contributed by atoms with Gasteiger partial charge in [-0.3, -0.25) is 4.90 Å². The van der Waals surface area contributed by atoms with E-state index < -0.39 is 10.0 Å². The molecular formula is C20H31N3O3S. The average Bonchev–Trinajstić information content (AvgIpc) is 2.69. The van der Waals surface area contributed by atoms with Gasteiger partial charge in [0.1, 0.15) is 5.75 Å². The van der Waals surface area contributed by atoms with Crippen LogP contribution in [0, 0.1) is 5.92 Å². The van der Waals surface area contributed by atoms with Crippen LogP contribution in [0.25, 0.3) is 0 Å². The van der Waals surface area contributed by atoms with Gasteiger partial charge in [0.05, 0.1) is 12.9 Å². The van der Waals surface area contributed by atoms with Crippen molar-refractivity contribution >= 4 is 10.0 Å². The molecule has 150 valence electrons. The van der Waals surface area contributed by atoms with Crippen molar-refractivity contribution in [2.75, 3.05) is 39.0 Å². The van der Waals surface area contributed by atoms with E-state index in [0.29, 0.717) is 25.4 Å². The maximum Gasteiger partial charge on any atom is 0.214 e. The lowest BCUT2D eigenvalue weighted by molar-refractivity contribution is 0.0217. The molecule has 27 heavy (non-hydrogen) atoms. The topological polar surface area (TPSA) is 75.9 Å². The predicted octanol–water partition coefficient (Wildman–Crippen LogP) is 1.76. The molecule has 2 saturated heterocycles. The smallest absolute Gasteiger partial charge is 0.214 e. The van der Waals surface area contributed by atoms with Gasteiger partial charge in [-0.05, 0) is 56.2 Å². The fraction of sp³-hybridized carbons (Fsp3) is 0.700. The highest BCUT2D eigenvalue weighted by atomic mass is 32.2. The summed E-state index contributed by atoms with van der Waals surface area (Å²) in [5.74, 6) is 1.58. The number of nitrogens with zero attached hydrogens (tertiary/aromatic N) is 2. The summed E-state index contributed by atoms with van der Waals surface area (Å²) in [5.41, 5.74) is 8.19. The molecule has 4 rings (SSSR count). The summed E-state index contributed by atoms with van der Waals surface area (Å²) in [6, 6.07) is 6.69. The van der Waals surface area contributed by atoms with Gasteiger partial charge in [-0.25, -0.2) is 8.42 Å². The van der Waals surface area contributed by atoms with E-state index >= 15 is 0 Å². The molecule has 3 aliphatic heterocycles. The van der Waals surface area contributed by atoms with Crippen LogP contribution in [0.3, 0.4) is 0 Å². The van der Waals surface area contributed by atoms with Gasteiger partial charge in [-0.1, -0.05) is 12.1 Å². The van der Waals surface area contributed by atoms with Crippen molar-refractivity contribution in [2.24, 2.45) is 11.7 Å². The Labute approximate surface area is 162 Å². The Morgan fingerprint density at radius 3 is 2.93 bits per heavy atom. The molecule has 7 heteroatoms. The summed E-state index contributed by atoms with van der Waals surface area (Å²) in [5, 5.41) is 0. The molecule has 0 amide bonds. The number of benzene rings is 1. The Bertz CT molecular complexity index is 783. The summed E-state index contributed by atoms with van der Waals surface area (Å²) < 4.78 is 33.3. The van der Waals surface area contributed by atoms with E-state index in [0.717, 1.165) is 44.5 Å². The van der Waals surface area contributed by atoms with Crippen LogP contribution in [0.4, 0.5) is 0 Å². The molecule has 0 bridgehead atoms. The summed E-state index contributed by atoms with van der Waals surface area (Å²) in [7, 11) is -1.51. The Morgan fingerprint density at radius 2 is 2.15 bits per heavy atom. The van der Waals surface area contributed by atoms with Crippen LogP contribution in [0.1, 0.15) is 42.9 Å². The van der Waals surface area contributed by atoms with Crippen molar-refractivity contribution in [3.63, 3.8) is 0 Å². The van der Waals surface area contributed by atoms with Crippen LogP contribution in [0.15, 0.2) is 18.2 Å². The fourth-order valence-electron chi connectivity index (χ4n) is 5.34. The molecule has 2 N–H and O–H groups in total. The number of methoxy groups -OCH3 is 1. The standard InChI is InChI=1S/C20H31N3O3S/c1-26-20-7-2-6-16-17(20)8-11-22-14-15-5-3-10-23(18(15)13-19(16)22)27(24,25)12-4-9-21/h2,6-7,15,18-19H,3-5,8-14,21H2,1H3/t15-,18+,19+/m1/s1. The van der Waals surface area contributed by atoms with Crippen molar-refractivity contribution in [1.82, 2.24) is 9.21 Å². The zero-order valence-electron chi connectivity index (χ0n) is 16.1. The van der Waals surface area contributed by atoms with Crippen molar-refractivity contribution in [3.05, 3.63) is 29.3 Å². The minimum Gasteiger partial charge on any atom is -0.496 e. The number of hydrogen-bond donors (Lipinski definition) is 1. The Morgan fingerprint density at radius 1 is 1.30 bits per heavy atom. The molecule has 0 saturated carbocycles. The van der Waals surface area contributed by atoms with Gasteiger partial charge in [-0.15, -0.1) is 0 Å². The Balaban J connectivity index is 1.63. The minimum absolute atomic E-state index is 0.111. The summed E-state index contributed by atoms with van der Waals surface area (Å²) in [6.07, 6.45) is 4.51. The van der Waals surface area contributed by atoms with Crippen LogP contribution in [-0.2, 0) is 16.4 Å². The van der Waals surface area contributed by atoms with Gasteiger partial charge >= 0.3 is 0 Å². The first-order valence-corrected chi connectivity index (χ1v) is 11.8. The maximum atomic E-state index is 12.9. The van der Waals surface area contributed by atoms with Crippen molar-refractivity contribution in [1.29, 1.82) is 0 Å². The van der Waals surface area contributed by atoms with Crippen molar-refractivity contribution in [3.8, 4) is 5.75 Å². The second-order valence-electron chi connectivity index (χ2n) is 8.06. The first-order valence-electron chi connectivity index (χ1n) is 10.1. The van der Waals surface area contributed by atoms with E-state index in [-0.39, 0.29) is 17.8 Å². The fourth-order valence-corrected chi connectivity index (χ4v) is 7.18. The number of nitrogens with two attached hydrogens (primary N) is 1. The highest BCUT2D eigenvalue weighted by molar-refractivity contribution is 7.89. The molecule has 2 fully saturated rings. The summed E-state index contributed by atoms with van der Waals surface area (Å²) in [6.45, 7) is 3.10. The Kier molecular flexibility index (Phi) is 5.47. The monoisotopic (exact) mass is 393 g/mol. The maximum absolute atomic E-state index is 12.9. The second-order valence-corrected chi connectivity index (χ2v) is 10.1. The van der Waals surface area contributed by atoms with Crippen LogP contribution >= 0.6 is 0 Å². The van der Waals surface area contributed by atoms with Gasteiger partial charge < -0.3 is 10.5 Å². The van der Waals surface area contributed by atoms with Gasteiger partial charge in [0.25, 0.3) is 0 Å². The molecule has 3 aliphatic rings. The third kappa shape index (κ3) is 3.50. The number of sulfonamides is 1. The molecule has 1 aromatic carbocycles. The first kappa shape index (κ1) is 19.2. The zero-order valence-corrected chi connectivity index (χ0v) is 17.0. The van der Waals surface area contributed by atoms with E-state index in [9.17, 15) is 8.42 Å². The van der Waals surface area contributed by atoms with Crippen LogP contribution in [0.5, 0.6) is 5.75 Å². The number of piperidine rings is 2. The number of hydrogen-bond acceptors (Lipinski definition) is 5. The zero-order chi connectivity index (χ0) is 19.0. The van der Waals surface area contributed by atoms with Crippen LogP contribution < -0.4 is 10.5 Å². The molecule has 1 aromatic rings. The molecular weight excluding hydrogens is 362 g/mol. The number of fused-ring (bicyclic) bond motifs is 4. The summed E-state index contributed by atoms with van der Waals surface area (Å²) >= 11 is 0. The van der Waals surface area contributed by atoms with Gasteiger partial charge in [0.15, 0.2) is 0 Å². The van der Waals surface area contributed by atoms with Gasteiger partial charge in [-0.2, -0.15) is 4.31 Å². The third-order valence-corrected chi connectivity index (χ3v) is 8.58. The van der Waals surface area contributed by atoms with E-state index in [4.69, 9.17) is 10.5 Å². The lowest BCUT2D eigenvalue weighted by Gasteiger charge is -2.51. The van der Waals surface area contributed by atoms with Crippen molar-refractivity contribution < 1.29 is 13.2 Å². The molecule has 6 nitrogen and oxygen atoms in total. The van der Waals surface area contributed by atoms with E-state index in [2.05, 4.69) is 17.0 Å². The van der Waals surface area contributed by atoms with E-state index in [1.165, 1.54) is 11.1 Å². The second kappa shape index (κ2) is 7.70. The quantitative estimate of drug-likeness (QED) is 0.825. The lowest BCUT2D eigenvalue weighted by Crippen LogP contribution is -2.57. The molecule has 0 spiro atoms. The third-order valence-electron chi connectivity index (χ3n) is 6.60. The van der Waals surface area contributed by atoms with Crippen molar-refractivity contribution in [2.45, 2.75) is 44.2 Å². The van der Waals surface area contributed by atoms with E-state index in [1.54, 1.807) is 7.11 Å². The highest BCUT2D eigenvalue weighted by Crippen LogP contribution is 2.45.